The van der Waals surface area contributed by atoms with E-state index >= 15 is 0 Å². The van der Waals surface area contributed by atoms with Gasteiger partial charge in [0.25, 0.3) is 0 Å². The van der Waals surface area contributed by atoms with E-state index < -0.39 is 11.9 Å². The number of thiophene rings is 1. The summed E-state index contributed by atoms with van der Waals surface area (Å²) in [6.07, 6.45) is -1.13. The number of rotatable bonds is 5. The number of nitrogens with zero attached hydrogens (tertiary/aromatic N) is 3. The third-order valence-electron chi connectivity index (χ3n) is 7.26. The number of hydrogen-bond acceptors (Lipinski definition) is 8. The van der Waals surface area contributed by atoms with Gasteiger partial charge in [-0.25, -0.2) is 14.2 Å². The summed E-state index contributed by atoms with van der Waals surface area (Å²) in [4.78, 5) is 18.1. The number of β-amino-alcohol motifs (C(OH)–C–C–N with tert-alkyl or cyclic N) is 1. The summed E-state index contributed by atoms with van der Waals surface area (Å²) in [5.74, 6) is -0.205. The Balaban J connectivity index is 1.51. The largest absolute Gasteiger partial charge is 0.476 e. The van der Waals surface area contributed by atoms with Gasteiger partial charge in [0.1, 0.15) is 23.5 Å². The monoisotopic (exact) mass is 568 g/mol. The van der Waals surface area contributed by atoms with Crippen LogP contribution >= 0.6 is 22.9 Å². The molecular formula is C27H22ClFN4O5S. The lowest BCUT2D eigenvalue weighted by Crippen LogP contribution is -2.30. The molecule has 39 heavy (non-hydrogen) atoms. The summed E-state index contributed by atoms with van der Waals surface area (Å²) in [5, 5.41) is 32.7. The van der Waals surface area contributed by atoms with E-state index in [9.17, 15) is 24.7 Å². The van der Waals surface area contributed by atoms with Crippen LogP contribution in [0.1, 0.15) is 23.1 Å². The van der Waals surface area contributed by atoms with Gasteiger partial charge in [0.15, 0.2) is 0 Å². The zero-order valence-electron chi connectivity index (χ0n) is 20.6. The van der Waals surface area contributed by atoms with Gasteiger partial charge in [-0.2, -0.15) is 5.26 Å². The Morgan fingerprint density at radius 3 is 2.87 bits per heavy atom. The number of aromatic nitrogens is 1. The Morgan fingerprint density at radius 1 is 1.36 bits per heavy atom. The second-order valence-electron chi connectivity index (χ2n) is 9.63. The molecule has 4 aromatic rings. The normalized spacial score (nSPS) is 18.9. The minimum atomic E-state index is -1.35. The number of carboxylic acid groups (broad SMARTS) is 1. The minimum absolute atomic E-state index is 0.0173. The quantitative estimate of drug-likeness (QED) is 0.294. The summed E-state index contributed by atoms with van der Waals surface area (Å²) in [6.45, 7) is 1.53. The van der Waals surface area contributed by atoms with Crippen LogP contribution in [0.2, 0.25) is 5.02 Å². The van der Waals surface area contributed by atoms with Crippen LogP contribution in [-0.2, 0) is 18.0 Å². The molecule has 9 nitrogen and oxygen atoms in total. The van der Waals surface area contributed by atoms with Crippen LogP contribution in [0.25, 0.3) is 32.1 Å². The van der Waals surface area contributed by atoms with Gasteiger partial charge in [0.2, 0.25) is 5.88 Å². The number of ether oxygens (including phenoxy) is 2. The van der Waals surface area contributed by atoms with Crippen molar-refractivity contribution in [2.45, 2.75) is 31.8 Å². The maximum Gasteiger partial charge on any atom is 0.409 e. The van der Waals surface area contributed by atoms with E-state index in [-0.39, 0.29) is 39.4 Å². The lowest BCUT2D eigenvalue weighted by molar-refractivity contribution is 0.135. The van der Waals surface area contributed by atoms with Crippen molar-refractivity contribution in [1.29, 1.82) is 5.26 Å². The topological polar surface area (TPSA) is 128 Å². The number of pyridine rings is 1. The molecule has 4 heterocycles. The minimum Gasteiger partial charge on any atom is -0.476 e. The van der Waals surface area contributed by atoms with Gasteiger partial charge in [-0.1, -0.05) is 17.7 Å². The highest BCUT2D eigenvalue weighted by atomic mass is 35.5. The Bertz CT molecular complexity index is 1700. The highest BCUT2D eigenvalue weighted by molar-refractivity contribution is 7.23. The van der Waals surface area contributed by atoms with Gasteiger partial charge in [0.05, 0.1) is 40.1 Å². The number of amides is 1. The third kappa shape index (κ3) is 4.34. The second kappa shape index (κ2) is 9.89. The Kier molecular flexibility index (Phi) is 6.53. The second-order valence-corrected chi connectivity index (χ2v) is 11.0. The van der Waals surface area contributed by atoms with Gasteiger partial charge in [0, 0.05) is 35.0 Å². The van der Waals surface area contributed by atoms with E-state index in [0.717, 1.165) is 27.8 Å². The lowest BCUT2D eigenvalue weighted by Gasteiger charge is -2.19. The van der Waals surface area contributed by atoms with Crippen LogP contribution in [0.5, 0.6) is 5.88 Å². The molecule has 12 heteroatoms. The van der Waals surface area contributed by atoms with Crippen molar-refractivity contribution in [3.05, 3.63) is 51.8 Å². The molecule has 0 saturated carbocycles. The van der Waals surface area contributed by atoms with Crippen LogP contribution < -0.4 is 10.1 Å². The van der Waals surface area contributed by atoms with Gasteiger partial charge in [-0.05, 0) is 42.3 Å². The maximum atomic E-state index is 14.9. The first kappa shape index (κ1) is 25.7. The van der Waals surface area contributed by atoms with Crippen molar-refractivity contribution in [1.82, 2.24) is 9.88 Å². The molecule has 0 spiro atoms. The third-order valence-corrected chi connectivity index (χ3v) is 8.74. The molecule has 6 rings (SSSR count). The van der Waals surface area contributed by atoms with Gasteiger partial charge < -0.3 is 19.7 Å². The standard InChI is InChI=1S/C27H22ClFN4O5S/c1-33-8-13(34)6-12(33)9-38-20-5-3-14-17-10-37-11-18(17)21(23(28)24(14)31-20)15-2-4-19(29)25-22(15)16(7-30)26(39-25)32-27(35)36/h2-5,12-13,32,34H,6,8-11H2,1H3,(H,35,36)/t12-,13+/m0/s1. The SMILES string of the molecule is CN1C[C@H](O)C[C@H]1COc1ccc2c3c(c(-c4ccc(F)c5sc(NC(=O)O)c(C#N)c45)c(Cl)c2n1)COC3. The van der Waals surface area contributed by atoms with Crippen LogP contribution in [0, 0.1) is 17.1 Å². The van der Waals surface area contributed by atoms with Crippen LogP contribution in [-0.4, -0.2) is 58.5 Å². The van der Waals surface area contributed by atoms with Crippen molar-refractivity contribution < 1.29 is 28.9 Å². The smallest absolute Gasteiger partial charge is 0.409 e. The Hall–Kier alpha value is -3.53. The summed E-state index contributed by atoms with van der Waals surface area (Å²) in [6, 6.07) is 8.57. The van der Waals surface area contributed by atoms with E-state index in [1.54, 1.807) is 12.1 Å². The molecule has 3 N–H and O–H groups in total. The molecule has 2 aliphatic heterocycles. The fourth-order valence-electron chi connectivity index (χ4n) is 5.46. The lowest BCUT2D eigenvalue weighted by atomic mass is 9.91. The number of nitrogens with one attached hydrogen (secondary N) is 1. The molecule has 1 saturated heterocycles. The molecule has 2 aliphatic rings. The van der Waals surface area contributed by atoms with Crippen LogP contribution in [0.15, 0.2) is 24.3 Å². The Labute approximate surface area is 230 Å². The van der Waals surface area contributed by atoms with Crippen molar-refractivity contribution >= 4 is 55.0 Å². The number of likely N-dealkylation sites (N-methyl/N-ethyl adjacent to an activating group) is 1. The summed E-state index contributed by atoms with van der Waals surface area (Å²) in [7, 11) is 1.94. The molecule has 1 amide bonds. The van der Waals surface area contributed by atoms with Crippen LogP contribution in [0.3, 0.4) is 0 Å². The molecule has 0 unspecified atom stereocenters. The molecule has 200 valence electrons. The summed E-state index contributed by atoms with van der Waals surface area (Å²) >= 11 is 7.89. The molecule has 2 atom stereocenters. The predicted octanol–water partition coefficient (Wildman–Crippen LogP) is 5.34. The number of hydrogen-bond donors (Lipinski definition) is 3. The highest BCUT2D eigenvalue weighted by Gasteiger charge is 2.30. The van der Waals surface area contributed by atoms with Gasteiger partial charge in [-0.15, -0.1) is 11.3 Å². The number of benzene rings is 2. The van der Waals surface area contributed by atoms with Crippen molar-refractivity contribution in [2.75, 3.05) is 25.5 Å². The molecule has 2 aromatic heterocycles. The van der Waals surface area contributed by atoms with Crippen LogP contribution in [0.4, 0.5) is 14.2 Å². The number of fused-ring (bicyclic) bond motifs is 4. The van der Waals surface area contributed by atoms with E-state index in [1.807, 2.05) is 24.1 Å². The molecule has 1 fully saturated rings. The average molecular weight is 569 g/mol. The predicted molar refractivity (Wildman–Crippen MR) is 145 cm³/mol. The molecule has 0 radical (unpaired) electrons. The molecule has 0 aliphatic carbocycles. The van der Waals surface area contributed by atoms with Gasteiger partial charge in [-0.3, -0.25) is 10.2 Å². The average Bonchev–Trinajstić information content (AvgIpc) is 3.60. The Morgan fingerprint density at radius 2 is 2.15 bits per heavy atom. The van der Waals surface area contributed by atoms with Crippen molar-refractivity contribution in [3.8, 4) is 23.1 Å². The first-order valence-corrected chi connectivity index (χ1v) is 13.3. The number of nitriles is 1. The number of halogens is 2. The molecule has 2 aromatic carbocycles. The first-order chi connectivity index (χ1) is 18.8. The highest BCUT2D eigenvalue weighted by Crippen LogP contribution is 2.48. The van der Waals surface area contributed by atoms with Crippen molar-refractivity contribution in [2.24, 2.45) is 0 Å². The zero-order valence-corrected chi connectivity index (χ0v) is 22.2. The fraction of sp³-hybridized carbons (Fsp3) is 0.296. The van der Waals surface area contributed by atoms with E-state index in [2.05, 4.69) is 5.32 Å². The van der Waals surface area contributed by atoms with Crippen molar-refractivity contribution in [3.63, 3.8) is 0 Å². The van der Waals surface area contributed by atoms with E-state index in [0.29, 0.717) is 53.7 Å². The van der Waals surface area contributed by atoms with E-state index in [4.69, 9.17) is 26.1 Å². The van der Waals surface area contributed by atoms with E-state index in [1.165, 1.54) is 6.07 Å². The number of carbonyl (C=O) groups is 1. The summed E-state index contributed by atoms with van der Waals surface area (Å²) < 4.78 is 26.8. The number of anilines is 1. The number of aliphatic hydroxyl groups is 1. The summed E-state index contributed by atoms with van der Waals surface area (Å²) in [5.41, 5.74) is 3.23. The fourth-order valence-corrected chi connectivity index (χ4v) is 6.89. The first-order valence-electron chi connectivity index (χ1n) is 12.1. The number of likely N-dealkylation sites (tertiary alicyclic amines) is 1. The molecule has 0 bridgehead atoms. The van der Waals surface area contributed by atoms with Gasteiger partial charge >= 0.3 is 6.09 Å². The number of aliphatic hydroxyl groups excluding tert-OH is 1. The maximum absolute atomic E-state index is 14.9. The molecular weight excluding hydrogens is 547 g/mol. The zero-order chi connectivity index (χ0) is 27.4.